The number of cyclic esters (lactones) is 1. The second kappa shape index (κ2) is 15.6. The van der Waals surface area contributed by atoms with E-state index in [4.69, 9.17) is 4.74 Å². The predicted molar refractivity (Wildman–Crippen MR) is 205 cm³/mol. The van der Waals surface area contributed by atoms with Crippen molar-refractivity contribution in [2.24, 2.45) is 23.8 Å². The summed E-state index contributed by atoms with van der Waals surface area (Å²) in [5.41, 5.74) is 0.947. The first kappa shape index (κ1) is 40.5. The number of ether oxygens (including phenoxy) is 1. The molecule has 2 aliphatic heterocycles. The first-order valence-electron chi connectivity index (χ1n) is 18.5. The summed E-state index contributed by atoms with van der Waals surface area (Å²) in [5, 5.41) is 8.63. The first-order valence-corrected chi connectivity index (χ1v) is 20.0. The van der Waals surface area contributed by atoms with Crippen molar-refractivity contribution in [3.8, 4) is 0 Å². The summed E-state index contributed by atoms with van der Waals surface area (Å²) in [6, 6.07) is 3.28. The third kappa shape index (κ3) is 9.16. The molecule has 1 aliphatic carbocycles. The van der Waals surface area contributed by atoms with Gasteiger partial charge in [-0.1, -0.05) is 71.9 Å². The van der Waals surface area contributed by atoms with Crippen molar-refractivity contribution < 1.29 is 37.1 Å². The van der Waals surface area contributed by atoms with E-state index in [-0.39, 0.29) is 25.0 Å². The number of carbonyl (C=O) groups is 5. The van der Waals surface area contributed by atoms with E-state index < -0.39 is 80.5 Å². The second-order valence-electron chi connectivity index (χ2n) is 16.7. The Labute approximate surface area is 317 Å². The lowest BCUT2D eigenvalue weighted by atomic mass is 9.85. The van der Waals surface area contributed by atoms with Crippen LogP contribution in [-0.4, -0.2) is 90.2 Å². The molecule has 5 amide bonds. The average Bonchev–Trinajstić information content (AvgIpc) is 3.80. The van der Waals surface area contributed by atoms with Gasteiger partial charge in [-0.25, -0.2) is 13.2 Å². The number of carbonyl (C=O) groups excluding carboxylic acids is 5. The van der Waals surface area contributed by atoms with Crippen molar-refractivity contribution in [2.45, 2.75) is 103 Å². The first-order chi connectivity index (χ1) is 25.2. The lowest BCUT2D eigenvalue weighted by molar-refractivity contribution is -0.142. The standard InChI is InChI=1S/C39H54N6O8S/c1-9-23(2)31(35(48)43-54(51,52)26-16-17-26)41-34(47)30-19-25-21-45(30)36(49)32(38(3,4)5)42-37(50)53-22-39(6,7)18-11-10-13-24-14-12-15-28-27(24)20-29(44(28)8)33(46)40-25/h9-10,12-15,20,23,25-26,30-32H,1,11,16-19,21-22H2,2-8H3,(H,40,46)(H,41,47)(H,42,50)(H,43,48)/b13-10+/t23-,25+,30-,31?,32+/m0/s1. The Hall–Kier alpha value is -4.66. The minimum atomic E-state index is -3.93. The molecular formula is C39H54N6O8S. The molecule has 4 bridgehead atoms. The highest BCUT2D eigenvalue weighted by Gasteiger charge is 2.47. The molecule has 54 heavy (non-hydrogen) atoms. The van der Waals surface area contributed by atoms with Crippen LogP contribution in [0, 0.1) is 16.7 Å². The van der Waals surface area contributed by atoms with Crippen LogP contribution in [0.2, 0.25) is 0 Å². The smallest absolute Gasteiger partial charge is 0.407 e. The van der Waals surface area contributed by atoms with Gasteiger partial charge in [0.05, 0.1) is 11.9 Å². The summed E-state index contributed by atoms with van der Waals surface area (Å²) in [6.07, 6.45) is 6.99. The Balaban J connectivity index is 1.50. The highest BCUT2D eigenvalue weighted by Crippen LogP contribution is 2.30. The number of fused-ring (bicyclic) bond motifs is 3. The highest BCUT2D eigenvalue weighted by atomic mass is 32.2. The molecule has 3 aliphatic rings. The topological polar surface area (TPSA) is 185 Å². The Morgan fingerprint density at radius 1 is 1.13 bits per heavy atom. The zero-order valence-electron chi connectivity index (χ0n) is 32.2. The molecule has 4 N–H and O–H groups in total. The number of aryl methyl sites for hydroxylation is 1. The number of alkyl carbamates (subject to hydrolysis) is 1. The average molecular weight is 767 g/mol. The molecule has 1 saturated heterocycles. The molecule has 0 spiro atoms. The fraction of sp³-hybridized carbons (Fsp3) is 0.564. The molecule has 294 valence electrons. The van der Waals surface area contributed by atoms with Crippen LogP contribution in [0.4, 0.5) is 4.79 Å². The number of hydrogen-bond donors (Lipinski definition) is 4. The second-order valence-corrected chi connectivity index (χ2v) is 18.7. The van der Waals surface area contributed by atoms with Crippen LogP contribution in [0.5, 0.6) is 0 Å². The van der Waals surface area contributed by atoms with E-state index in [2.05, 4.69) is 33.3 Å². The summed E-state index contributed by atoms with van der Waals surface area (Å²) in [5.74, 6) is -3.32. The Kier molecular flexibility index (Phi) is 11.7. The van der Waals surface area contributed by atoms with Crippen molar-refractivity contribution in [3.05, 3.63) is 54.3 Å². The van der Waals surface area contributed by atoms with Gasteiger partial charge in [-0.3, -0.25) is 23.9 Å². The summed E-state index contributed by atoms with van der Waals surface area (Å²) >= 11 is 0. The van der Waals surface area contributed by atoms with Gasteiger partial charge in [-0.05, 0) is 60.6 Å². The largest absolute Gasteiger partial charge is 0.449 e. The quantitative estimate of drug-likeness (QED) is 0.307. The molecule has 1 aromatic carbocycles. The van der Waals surface area contributed by atoms with Gasteiger partial charge in [0.1, 0.15) is 23.8 Å². The number of rotatable bonds is 7. The summed E-state index contributed by atoms with van der Waals surface area (Å²) < 4.78 is 34.8. The molecule has 15 heteroatoms. The summed E-state index contributed by atoms with van der Waals surface area (Å²) in [4.78, 5) is 70.5. The highest BCUT2D eigenvalue weighted by molar-refractivity contribution is 7.90. The van der Waals surface area contributed by atoms with Crippen LogP contribution in [0.3, 0.4) is 0 Å². The number of allylic oxidation sites excluding steroid dienone is 1. The van der Waals surface area contributed by atoms with Gasteiger partial charge in [-0.15, -0.1) is 6.58 Å². The zero-order chi connectivity index (χ0) is 39.7. The number of aromatic nitrogens is 1. The van der Waals surface area contributed by atoms with Crippen LogP contribution in [-0.2, 0) is 36.2 Å². The fourth-order valence-electron chi connectivity index (χ4n) is 6.92. The predicted octanol–water partition coefficient (Wildman–Crippen LogP) is 3.77. The number of nitrogens with one attached hydrogen (secondary N) is 4. The Morgan fingerprint density at radius 3 is 2.48 bits per heavy atom. The molecule has 3 heterocycles. The number of hydrogen-bond acceptors (Lipinski definition) is 8. The minimum Gasteiger partial charge on any atom is -0.449 e. The van der Waals surface area contributed by atoms with E-state index in [1.54, 1.807) is 39.3 Å². The van der Waals surface area contributed by atoms with Gasteiger partial charge in [0, 0.05) is 36.5 Å². The van der Waals surface area contributed by atoms with Crippen molar-refractivity contribution in [1.82, 2.24) is 30.1 Å². The van der Waals surface area contributed by atoms with Crippen molar-refractivity contribution in [3.63, 3.8) is 0 Å². The molecule has 14 nitrogen and oxygen atoms in total. The van der Waals surface area contributed by atoms with E-state index in [1.807, 2.05) is 44.2 Å². The normalized spacial score (nSPS) is 24.5. The van der Waals surface area contributed by atoms with E-state index in [1.165, 1.54) is 11.0 Å². The van der Waals surface area contributed by atoms with E-state index >= 15 is 0 Å². The van der Waals surface area contributed by atoms with Gasteiger partial charge < -0.3 is 30.2 Å². The molecule has 0 radical (unpaired) electrons. The molecule has 1 unspecified atom stereocenters. The van der Waals surface area contributed by atoms with Crippen LogP contribution in [0.25, 0.3) is 17.0 Å². The fourth-order valence-corrected chi connectivity index (χ4v) is 8.25. The van der Waals surface area contributed by atoms with Crippen molar-refractivity contribution in [1.29, 1.82) is 0 Å². The molecule has 5 rings (SSSR count). The third-order valence-electron chi connectivity index (χ3n) is 10.5. The maximum atomic E-state index is 14.5. The number of nitrogens with zero attached hydrogens (tertiary/aromatic N) is 2. The molecule has 2 aromatic rings. The minimum absolute atomic E-state index is 0.0199. The SMILES string of the molecule is C=C[C@H](C)C(NC(=O)[C@@H]1C[C@@H]2CN1C(=O)[C@H](C(C)(C)C)NC(=O)OCC(C)(C)CC/C=C/c1cccc3c1cc(n3C)C(=O)N2)C(=O)NS(=O)(=O)C1CC1. The summed E-state index contributed by atoms with van der Waals surface area (Å²) in [6.45, 7) is 14.7. The zero-order valence-corrected chi connectivity index (χ0v) is 33.0. The number of benzene rings is 1. The van der Waals surface area contributed by atoms with Gasteiger partial charge >= 0.3 is 6.09 Å². The lowest BCUT2D eigenvalue weighted by Crippen LogP contribution is -2.60. The van der Waals surface area contributed by atoms with Crippen molar-refractivity contribution in [2.75, 3.05) is 13.2 Å². The lowest BCUT2D eigenvalue weighted by Gasteiger charge is -2.35. The van der Waals surface area contributed by atoms with E-state index in [0.717, 1.165) is 16.5 Å². The third-order valence-corrected chi connectivity index (χ3v) is 12.3. The van der Waals surface area contributed by atoms with Crippen molar-refractivity contribution >= 4 is 56.7 Å². The Bertz CT molecular complexity index is 1960. The van der Waals surface area contributed by atoms with Crippen LogP contribution in [0.15, 0.2) is 43.0 Å². The molecule has 5 atom stereocenters. The van der Waals surface area contributed by atoms with Gasteiger partial charge in [0.25, 0.3) is 11.8 Å². The number of amides is 5. The molecular weight excluding hydrogens is 713 g/mol. The van der Waals surface area contributed by atoms with E-state index in [0.29, 0.717) is 31.4 Å². The van der Waals surface area contributed by atoms with Gasteiger partial charge in [0.2, 0.25) is 21.8 Å². The van der Waals surface area contributed by atoms with Crippen LogP contribution < -0.4 is 20.7 Å². The maximum Gasteiger partial charge on any atom is 0.407 e. The number of sulfonamides is 1. The van der Waals surface area contributed by atoms with Gasteiger partial charge in [-0.2, -0.15) is 0 Å². The van der Waals surface area contributed by atoms with E-state index in [9.17, 15) is 32.4 Å². The monoisotopic (exact) mass is 766 g/mol. The maximum absolute atomic E-state index is 14.5. The molecule has 2 fully saturated rings. The molecule has 1 saturated carbocycles. The van der Waals surface area contributed by atoms with Crippen LogP contribution >= 0.6 is 0 Å². The molecule has 1 aromatic heterocycles. The van der Waals surface area contributed by atoms with Crippen LogP contribution in [0.1, 0.15) is 89.7 Å². The Morgan fingerprint density at radius 2 is 1.83 bits per heavy atom. The summed E-state index contributed by atoms with van der Waals surface area (Å²) in [7, 11) is -2.12. The van der Waals surface area contributed by atoms with Gasteiger partial charge in [0.15, 0.2) is 0 Å².